The van der Waals surface area contributed by atoms with E-state index in [0.717, 1.165) is 32.5 Å². The Balaban J connectivity index is 2.24. The highest BCUT2D eigenvalue weighted by Crippen LogP contribution is 2.35. The van der Waals surface area contributed by atoms with Gasteiger partial charge in [0.2, 0.25) is 0 Å². The summed E-state index contributed by atoms with van der Waals surface area (Å²) in [6, 6.07) is 5.54. The molecule has 6 heteroatoms. The molecule has 116 valence electrons. The van der Waals surface area contributed by atoms with Crippen molar-refractivity contribution in [1.82, 2.24) is 5.32 Å². The predicted octanol–water partition coefficient (Wildman–Crippen LogP) is 3.61. The third-order valence-electron chi connectivity index (χ3n) is 3.84. The van der Waals surface area contributed by atoms with Crippen molar-refractivity contribution in [3.63, 3.8) is 0 Å². The lowest BCUT2D eigenvalue weighted by atomic mass is 10.0. The zero-order valence-electron chi connectivity index (χ0n) is 12.3. The summed E-state index contributed by atoms with van der Waals surface area (Å²) in [5, 5.41) is 15.0. The van der Waals surface area contributed by atoms with E-state index in [-0.39, 0.29) is 15.6 Å². The second-order valence-electron chi connectivity index (χ2n) is 5.46. The molecule has 1 atom stereocenters. The quantitative estimate of drug-likeness (QED) is 0.644. The first-order valence-electron chi connectivity index (χ1n) is 7.54. The van der Waals surface area contributed by atoms with E-state index in [2.05, 4.69) is 17.1 Å². The molecule has 1 aromatic carbocycles. The molecule has 1 saturated heterocycles. The lowest BCUT2D eigenvalue weighted by Gasteiger charge is -2.31. The zero-order valence-corrected chi connectivity index (χ0v) is 13.1. The van der Waals surface area contributed by atoms with E-state index in [1.54, 1.807) is 18.2 Å². The van der Waals surface area contributed by atoms with Gasteiger partial charge in [0.15, 0.2) is 0 Å². The standard InChI is InChI=1S/C15H22ClN3O2/c1-2-10-18(11-12-6-3-4-9-17-12)14-8-5-7-13(16)15(14)19(20)21/h5,7-8,12,17H,2-4,6,9-11H2,1H3. The molecular weight excluding hydrogens is 290 g/mol. The van der Waals surface area contributed by atoms with Gasteiger partial charge in [-0.15, -0.1) is 0 Å². The predicted molar refractivity (Wildman–Crippen MR) is 86.3 cm³/mol. The summed E-state index contributed by atoms with van der Waals surface area (Å²) in [5.41, 5.74) is 0.644. The fourth-order valence-corrected chi connectivity index (χ4v) is 3.10. The highest BCUT2D eigenvalue weighted by Gasteiger charge is 2.25. The first kappa shape index (κ1) is 16.0. The number of hydrogen-bond acceptors (Lipinski definition) is 4. The van der Waals surface area contributed by atoms with Crippen molar-refractivity contribution in [2.24, 2.45) is 0 Å². The maximum atomic E-state index is 11.3. The van der Waals surface area contributed by atoms with Gasteiger partial charge < -0.3 is 10.2 Å². The summed E-state index contributed by atoms with van der Waals surface area (Å²) >= 11 is 6.03. The third-order valence-corrected chi connectivity index (χ3v) is 4.14. The summed E-state index contributed by atoms with van der Waals surface area (Å²) < 4.78 is 0. The Labute approximate surface area is 130 Å². The van der Waals surface area contributed by atoms with Crippen LogP contribution in [0.1, 0.15) is 32.6 Å². The average molecular weight is 312 g/mol. The number of anilines is 1. The number of halogens is 1. The third kappa shape index (κ3) is 4.08. The van der Waals surface area contributed by atoms with E-state index >= 15 is 0 Å². The average Bonchev–Trinajstić information content (AvgIpc) is 2.47. The topological polar surface area (TPSA) is 58.4 Å². The van der Waals surface area contributed by atoms with E-state index in [9.17, 15) is 10.1 Å². The second kappa shape index (κ2) is 7.61. The molecule has 0 spiro atoms. The van der Waals surface area contributed by atoms with Gasteiger partial charge in [-0.05, 0) is 37.9 Å². The van der Waals surface area contributed by atoms with Crippen molar-refractivity contribution in [2.45, 2.75) is 38.6 Å². The number of nitro benzene ring substituents is 1. The first-order chi connectivity index (χ1) is 10.1. The van der Waals surface area contributed by atoms with E-state index in [4.69, 9.17) is 11.6 Å². The molecule has 1 aromatic rings. The van der Waals surface area contributed by atoms with Crippen LogP contribution in [0.2, 0.25) is 5.02 Å². The lowest BCUT2D eigenvalue weighted by Crippen LogP contribution is -2.44. The van der Waals surface area contributed by atoms with Crippen molar-refractivity contribution >= 4 is 23.0 Å². The van der Waals surface area contributed by atoms with Gasteiger partial charge in [0.1, 0.15) is 10.7 Å². The number of nitrogens with zero attached hydrogens (tertiary/aromatic N) is 2. The number of nitrogens with one attached hydrogen (secondary N) is 1. The molecule has 0 saturated carbocycles. The number of benzene rings is 1. The van der Waals surface area contributed by atoms with Gasteiger partial charge in [-0.1, -0.05) is 31.0 Å². The molecule has 0 aliphatic carbocycles. The van der Waals surface area contributed by atoms with Crippen LogP contribution in [0.4, 0.5) is 11.4 Å². The maximum absolute atomic E-state index is 11.3. The largest absolute Gasteiger partial charge is 0.364 e. The normalized spacial score (nSPS) is 18.5. The van der Waals surface area contributed by atoms with Crippen molar-refractivity contribution < 1.29 is 4.92 Å². The van der Waals surface area contributed by atoms with Gasteiger partial charge in [-0.3, -0.25) is 10.1 Å². The molecule has 1 aliphatic rings. The van der Waals surface area contributed by atoms with Crippen LogP contribution >= 0.6 is 11.6 Å². The molecule has 2 rings (SSSR count). The van der Waals surface area contributed by atoms with Gasteiger partial charge in [0.05, 0.1) is 4.92 Å². The van der Waals surface area contributed by atoms with Crippen molar-refractivity contribution in [2.75, 3.05) is 24.5 Å². The Kier molecular flexibility index (Phi) is 5.82. The van der Waals surface area contributed by atoms with E-state index in [0.29, 0.717) is 11.7 Å². The fraction of sp³-hybridized carbons (Fsp3) is 0.600. The second-order valence-corrected chi connectivity index (χ2v) is 5.86. The molecule has 0 amide bonds. The minimum atomic E-state index is -0.380. The van der Waals surface area contributed by atoms with Gasteiger partial charge in [-0.25, -0.2) is 0 Å². The van der Waals surface area contributed by atoms with Crippen LogP contribution in [0.15, 0.2) is 18.2 Å². The van der Waals surface area contributed by atoms with E-state index in [1.165, 1.54) is 12.8 Å². The summed E-state index contributed by atoms with van der Waals surface area (Å²) in [6.07, 6.45) is 4.49. The number of para-hydroxylation sites is 1. The Hall–Kier alpha value is -1.33. The Morgan fingerprint density at radius 1 is 1.48 bits per heavy atom. The fourth-order valence-electron chi connectivity index (χ4n) is 2.87. The monoisotopic (exact) mass is 311 g/mol. The van der Waals surface area contributed by atoms with Gasteiger partial charge in [-0.2, -0.15) is 0 Å². The van der Waals surface area contributed by atoms with Crippen LogP contribution in [-0.2, 0) is 0 Å². The van der Waals surface area contributed by atoms with Crippen LogP contribution < -0.4 is 10.2 Å². The summed E-state index contributed by atoms with van der Waals surface area (Å²) in [6.45, 7) is 4.69. The van der Waals surface area contributed by atoms with Crippen LogP contribution in [0, 0.1) is 10.1 Å². The molecule has 5 nitrogen and oxygen atoms in total. The number of piperidine rings is 1. The molecule has 21 heavy (non-hydrogen) atoms. The minimum Gasteiger partial charge on any atom is -0.364 e. The minimum absolute atomic E-state index is 0.0171. The van der Waals surface area contributed by atoms with Crippen molar-refractivity contribution in [3.8, 4) is 0 Å². The molecule has 0 radical (unpaired) electrons. The van der Waals surface area contributed by atoms with E-state index < -0.39 is 0 Å². The van der Waals surface area contributed by atoms with Crippen LogP contribution in [0.3, 0.4) is 0 Å². The number of rotatable bonds is 6. The number of hydrogen-bond donors (Lipinski definition) is 1. The molecule has 0 aromatic heterocycles. The van der Waals surface area contributed by atoms with Crippen LogP contribution in [0.5, 0.6) is 0 Å². The molecule has 1 unspecified atom stereocenters. The Bertz CT molecular complexity index is 490. The molecular formula is C15H22ClN3O2. The molecule has 1 N–H and O–H groups in total. The summed E-state index contributed by atoms with van der Waals surface area (Å²) in [7, 11) is 0. The molecule has 1 aliphatic heterocycles. The SMILES string of the molecule is CCCN(CC1CCCCN1)c1cccc(Cl)c1[N+](=O)[O-]. The van der Waals surface area contributed by atoms with Crippen LogP contribution in [-0.4, -0.2) is 30.6 Å². The maximum Gasteiger partial charge on any atom is 0.310 e. The van der Waals surface area contributed by atoms with Gasteiger partial charge >= 0.3 is 5.69 Å². The number of nitro groups is 1. The van der Waals surface area contributed by atoms with Crippen molar-refractivity contribution in [3.05, 3.63) is 33.3 Å². The van der Waals surface area contributed by atoms with Crippen molar-refractivity contribution in [1.29, 1.82) is 0 Å². The lowest BCUT2D eigenvalue weighted by molar-refractivity contribution is -0.384. The van der Waals surface area contributed by atoms with Gasteiger partial charge in [0, 0.05) is 19.1 Å². The summed E-state index contributed by atoms with van der Waals surface area (Å²) in [4.78, 5) is 13.0. The van der Waals surface area contributed by atoms with E-state index in [1.807, 2.05) is 0 Å². The Morgan fingerprint density at radius 2 is 2.29 bits per heavy atom. The highest BCUT2D eigenvalue weighted by atomic mass is 35.5. The Morgan fingerprint density at radius 3 is 2.90 bits per heavy atom. The highest BCUT2D eigenvalue weighted by molar-refractivity contribution is 6.33. The molecule has 0 bridgehead atoms. The summed E-state index contributed by atoms with van der Waals surface area (Å²) in [5.74, 6) is 0. The van der Waals surface area contributed by atoms with Crippen LogP contribution in [0.25, 0.3) is 0 Å². The first-order valence-corrected chi connectivity index (χ1v) is 7.92. The zero-order chi connectivity index (χ0) is 15.2. The molecule has 1 heterocycles. The smallest absolute Gasteiger partial charge is 0.310 e. The molecule has 1 fully saturated rings. The van der Waals surface area contributed by atoms with Gasteiger partial charge in [0.25, 0.3) is 0 Å².